The van der Waals surface area contributed by atoms with Gasteiger partial charge in [0.15, 0.2) is 0 Å². The van der Waals surface area contributed by atoms with Crippen molar-refractivity contribution >= 4 is 11.7 Å². The minimum atomic E-state index is -4.35. The molecule has 0 aliphatic carbocycles. The monoisotopic (exact) mass is 390 g/mol. The summed E-state index contributed by atoms with van der Waals surface area (Å²) < 4.78 is 40.0. The summed E-state index contributed by atoms with van der Waals surface area (Å²) in [6, 6.07) is 7.03. The van der Waals surface area contributed by atoms with Crippen molar-refractivity contribution in [1.82, 2.24) is 29.4 Å². The van der Waals surface area contributed by atoms with Crippen molar-refractivity contribution < 1.29 is 18.0 Å². The minimum Gasteiger partial charge on any atom is -0.333 e. The van der Waals surface area contributed by atoms with E-state index in [1.165, 1.54) is 16.6 Å². The molecule has 146 valence electrons. The molecule has 1 saturated heterocycles. The Bertz CT molecular complexity index is 961. The lowest BCUT2D eigenvalue weighted by molar-refractivity contribution is -0.137. The molecule has 1 aliphatic heterocycles. The first-order chi connectivity index (χ1) is 13.4. The number of aromatic nitrogens is 4. The van der Waals surface area contributed by atoms with Gasteiger partial charge in [-0.1, -0.05) is 18.2 Å². The lowest BCUT2D eigenvalue weighted by Crippen LogP contribution is -2.48. The molecule has 2 aromatic heterocycles. The van der Waals surface area contributed by atoms with E-state index in [0.29, 0.717) is 44.1 Å². The Morgan fingerprint density at radius 1 is 1.11 bits per heavy atom. The predicted octanol–water partition coefficient (Wildman–Crippen LogP) is 2.10. The molecular formula is C18H17F3N6O. The van der Waals surface area contributed by atoms with E-state index < -0.39 is 11.7 Å². The highest BCUT2D eigenvalue weighted by Crippen LogP contribution is 2.29. The molecule has 28 heavy (non-hydrogen) atoms. The number of hydrogen-bond donors (Lipinski definition) is 0. The molecular weight excluding hydrogens is 373 g/mol. The maximum atomic E-state index is 12.8. The molecule has 1 aromatic carbocycles. The molecule has 0 unspecified atom stereocenters. The van der Waals surface area contributed by atoms with Gasteiger partial charge >= 0.3 is 6.18 Å². The van der Waals surface area contributed by atoms with Crippen LogP contribution in [0.5, 0.6) is 0 Å². The summed E-state index contributed by atoms with van der Waals surface area (Å²) >= 11 is 0. The lowest BCUT2D eigenvalue weighted by Gasteiger charge is -2.34. The molecule has 0 saturated carbocycles. The van der Waals surface area contributed by atoms with Gasteiger partial charge in [0.1, 0.15) is 0 Å². The van der Waals surface area contributed by atoms with Crippen molar-refractivity contribution in [3.8, 4) is 0 Å². The Kier molecular flexibility index (Phi) is 4.71. The van der Waals surface area contributed by atoms with Crippen LogP contribution in [0.25, 0.3) is 5.78 Å². The van der Waals surface area contributed by atoms with Crippen LogP contribution in [0.1, 0.15) is 21.7 Å². The second kappa shape index (κ2) is 7.19. The zero-order valence-corrected chi connectivity index (χ0v) is 14.8. The second-order valence-electron chi connectivity index (χ2n) is 6.57. The Morgan fingerprint density at radius 3 is 2.61 bits per heavy atom. The second-order valence-corrected chi connectivity index (χ2v) is 6.57. The van der Waals surface area contributed by atoms with Crippen molar-refractivity contribution in [3.05, 3.63) is 59.7 Å². The largest absolute Gasteiger partial charge is 0.416 e. The molecule has 0 radical (unpaired) electrons. The topological polar surface area (TPSA) is 66.6 Å². The van der Waals surface area contributed by atoms with Gasteiger partial charge in [-0.3, -0.25) is 9.69 Å². The van der Waals surface area contributed by atoms with Crippen LogP contribution in [0, 0.1) is 0 Å². The third-order valence-electron chi connectivity index (χ3n) is 4.63. The summed E-state index contributed by atoms with van der Waals surface area (Å²) in [5.74, 6) is 0.170. The van der Waals surface area contributed by atoms with Gasteiger partial charge in [-0.25, -0.2) is 9.50 Å². The molecule has 0 N–H and O–H groups in total. The van der Waals surface area contributed by atoms with E-state index in [1.54, 1.807) is 29.4 Å². The number of amides is 1. The van der Waals surface area contributed by atoms with Gasteiger partial charge < -0.3 is 4.90 Å². The molecule has 10 heteroatoms. The highest BCUT2D eigenvalue weighted by Gasteiger charge is 2.31. The number of benzene rings is 1. The molecule has 0 bridgehead atoms. The fourth-order valence-electron chi connectivity index (χ4n) is 3.18. The van der Waals surface area contributed by atoms with Crippen LogP contribution in [-0.4, -0.2) is 61.5 Å². The van der Waals surface area contributed by atoms with Crippen molar-refractivity contribution in [2.24, 2.45) is 0 Å². The number of nitrogens with zero attached hydrogens (tertiary/aromatic N) is 6. The van der Waals surface area contributed by atoms with Gasteiger partial charge in [-0.2, -0.15) is 18.2 Å². The average molecular weight is 390 g/mol. The van der Waals surface area contributed by atoms with E-state index in [9.17, 15) is 18.0 Å². The van der Waals surface area contributed by atoms with Gasteiger partial charge in [0, 0.05) is 45.1 Å². The summed E-state index contributed by atoms with van der Waals surface area (Å²) in [5, 5.41) is 4.14. The molecule has 0 spiro atoms. The number of piperazine rings is 1. The van der Waals surface area contributed by atoms with E-state index in [1.807, 2.05) is 4.90 Å². The van der Waals surface area contributed by atoms with E-state index in [0.717, 1.165) is 6.07 Å². The number of carbonyl (C=O) groups excluding carboxylic acids is 1. The van der Waals surface area contributed by atoms with Crippen molar-refractivity contribution in [1.29, 1.82) is 0 Å². The summed E-state index contributed by atoms with van der Waals surface area (Å²) in [7, 11) is 0. The molecule has 1 amide bonds. The first kappa shape index (κ1) is 18.4. The number of fused-ring (bicyclic) bond motifs is 1. The number of alkyl halides is 3. The summed E-state index contributed by atoms with van der Waals surface area (Å²) in [5.41, 5.74) is -0.0481. The highest BCUT2D eigenvalue weighted by molar-refractivity contribution is 5.90. The molecule has 0 atom stereocenters. The molecule has 3 heterocycles. The maximum absolute atomic E-state index is 12.8. The van der Waals surface area contributed by atoms with Crippen LogP contribution in [0.4, 0.5) is 13.2 Å². The Labute approximate surface area is 158 Å². The fraction of sp³-hybridized carbons (Fsp3) is 0.333. The molecule has 1 fully saturated rings. The van der Waals surface area contributed by atoms with Gasteiger partial charge in [-0.15, -0.1) is 5.10 Å². The Balaban J connectivity index is 1.37. The van der Waals surface area contributed by atoms with Gasteiger partial charge in [0.25, 0.3) is 11.7 Å². The molecule has 4 rings (SSSR count). The average Bonchev–Trinajstić information content (AvgIpc) is 3.12. The molecule has 7 nitrogen and oxygen atoms in total. The first-order valence-electron chi connectivity index (χ1n) is 8.75. The minimum absolute atomic E-state index is 0.0880. The van der Waals surface area contributed by atoms with E-state index in [-0.39, 0.29) is 11.7 Å². The normalized spacial score (nSPS) is 15.9. The van der Waals surface area contributed by atoms with Crippen LogP contribution in [0.2, 0.25) is 0 Å². The molecule has 1 aliphatic rings. The van der Waals surface area contributed by atoms with Crippen LogP contribution in [0.3, 0.4) is 0 Å². The van der Waals surface area contributed by atoms with Crippen molar-refractivity contribution in [2.45, 2.75) is 12.7 Å². The van der Waals surface area contributed by atoms with Gasteiger partial charge in [0.2, 0.25) is 5.82 Å². The van der Waals surface area contributed by atoms with Crippen molar-refractivity contribution in [3.63, 3.8) is 0 Å². The third-order valence-corrected chi connectivity index (χ3v) is 4.63. The van der Waals surface area contributed by atoms with Crippen LogP contribution >= 0.6 is 0 Å². The number of hydrogen-bond acceptors (Lipinski definition) is 5. The van der Waals surface area contributed by atoms with Crippen LogP contribution < -0.4 is 0 Å². The predicted molar refractivity (Wildman–Crippen MR) is 93.4 cm³/mol. The Morgan fingerprint density at radius 2 is 1.89 bits per heavy atom. The summed E-state index contributed by atoms with van der Waals surface area (Å²) in [6.07, 6.45) is -1.11. The van der Waals surface area contributed by atoms with E-state index >= 15 is 0 Å². The van der Waals surface area contributed by atoms with Gasteiger partial charge in [-0.05, 0) is 17.7 Å². The number of rotatable bonds is 3. The summed E-state index contributed by atoms with van der Waals surface area (Å²) in [6.45, 7) is 2.45. The quantitative estimate of drug-likeness (QED) is 0.685. The highest BCUT2D eigenvalue weighted by atomic mass is 19.4. The summed E-state index contributed by atoms with van der Waals surface area (Å²) in [4.78, 5) is 24.5. The third kappa shape index (κ3) is 3.81. The van der Waals surface area contributed by atoms with Crippen LogP contribution in [-0.2, 0) is 12.7 Å². The lowest BCUT2D eigenvalue weighted by atomic mass is 10.1. The van der Waals surface area contributed by atoms with E-state index in [2.05, 4.69) is 15.1 Å². The smallest absolute Gasteiger partial charge is 0.333 e. The standard InChI is InChI=1S/C18H17F3N6O/c19-18(20,21)14-4-1-3-13(11-14)12-25-7-9-26(10-8-25)16(28)15-23-17-22-5-2-6-27(17)24-15/h1-6,11H,7-10,12H2. The number of carbonyl (C=O) groups is 1. The Hall–Kier alpha value is -3.01. The van der Waals surface area contributed by atoms with Crippen LogP contribution in [0.15, 0.2) is 42.7 Å². The zero-order chi connectivity index (χ0) is 19.7. The SMILES string of the molecule is O=C(c1nc2ncccn2n1)N1CCN(Cc2cccc(C(F)(F)F)c2)CC1. The first-order valence-corrected chi connectivity index (χ1v) is 8.75. The maximum Gasteiger partial charge on any atom is 0.416 e. The molecule has 3 aromatic rings. The van der Waals surface area contributed by atoms with Crippen molar-refractivity contribution in [2.75, 3.05) is 26.2 Å². The zero-order valence-electron chi connectivity index (χ0n) is 14.8. The fourth-order valence-corrected chi connectivity index (χ4v) is 3.18. The number of halogens is 3. The van der Waals surface area contributed by atoms with E-state index in [4.69, 9.17) is 0 Å². The van der Waals surface area contributed by atoms with Gasteiger partial charge in [0.05, 0.1) is 5.56 Å².